The molecular formula is C5H7ClHf. The molecule has 7 heavy (non-hydrogen) atoms. The van der Waals surface area contributed by atoms with E-state index in [1.807, 2.05) is 0 Å². The average molecular weight is 281 g/mol. The molecule has 0 aliphatic heterocycles. The van der Waals surface area contributed by atoms with Crippen molar-refractivity contribution in [3.05, 3.63) is 21.6 Å². The molecule has 2 heteroatoms. The molecule has 38 valence electrons. The van der Waals surface area contributed by atoms with Gasteiger partial charge in [-0.3, -0.25) is 0 Å². The maximum atomic E-state index is 2.20. The SMILES string of the molecule is [Cl-].[H-].[H-].[Hf+3][C]1=CC=CC1. The molecule has 1 aliphatic rings. The van der Waals surface area contributed by atoms with E-state index in [1.165, 1.54) is 30.8 Å². The van der Waals surface area contributed by atoms with E-state index in [0.29, 0.717) is 0 Å². The second-order valence-electron chi connectivity index (χ2n) is 1.32. The van der Waals surface area contributed by atoms with Crippen LogP contribution in [0.1, 0.15) is 9.27 Å². The third-order valence-electron chi connectivity index (χ3n) is 0.771. The van der Waals surface area contributed by atoms with Gasteiger partial charge >= 0.3 is 52.4 Å². The van der Waals surface area contributed by atoms with E-state index in [2.05, 4.69) is 18.2 Å². The molecule has 1 aliphatic carbocycles. The third-order valence-corrected chi connectivity index (χ3v) is 2.10. The molecule has 0 N–H and O–H groups in total. The molecule has 0 atom stereocenters. The number of rotatable bonds is 0. The fourth-order valence-electron chi connectivity index (χ4n) is 0.447. The Bertz CT molecular complexity index is 112. The predicted octanol–water partition coefficient (Wildman–Crippen LogP) is -1.39. The van der Waals surface area contributed by atoms with Gasteiger partial charge in [-0.15, -0.1) is 0 Å². The summed E-state index contributed by atoms with van der Waals surface area (Å²) in [6.07, 6.45) is 7.75. The fraction of sp³-hybridized carbons (Fsp3) is 0.200. The van der Waals surface area contributed by atoms with Crippen LogP contribution >= 0.6 is 0 Å². The Kier molecular flexibility index (Phi) is 3.95. The summed E-state index contributed by atoms with van der Waals surface area (Å²) >= 11 is 1.25. The van der Waals surface area contributed by atoms with Gasteiger partial charge in [-0.05, 0) is 0 Å². The van der Waals surface area contributed by atoms with Gasteiger partial charge in [0.1, 0.15) is 0 Å². The number of hydrogen-bond donors (Lipinski definition) is 0. The van der Waals surface area contributed by atoms with Crippen LogP contribution < -0.4 is 12.4 Å². The standard InChI is InChI=1S/C5H5.ClH.Hf.2H/c1-2-4-5-3-1;;;;/h1-3H,4H2;1H;;;/q;;+3;2*-1/p-1. The summed E-state index contributed by atoms with van der Waals surface area (Å²) in [6.45, 7) is 0. The van der Waals surface area contributed by atoms with E-state index in [0.717, 1.165) is 0 Å². The normalized spacial score (nSPS) is 16.0. The van der Waals surface area contributed by atoms with Gasteiger partial charge in [0.25, 0.3) is 0 Å². The van der Waals surface area contributed by atoms with Gasteiger partial charge < -0.3 is 15.3 Å². The molecule has 0 aromatic heterocycles. The average Bonchev–Trinajstić information content (AvgIpc) is 1.86. The van der Waals surface area contributed by atoms with Crippen LogP contribution in [0.2, 0.25) is 0 Å². The Hall–Kier alpha value is 0.640. The minimum atomic E-state index is 0. The van der Waals surface area contributed by atoms with Crippen LogP contribution in [0.4, 0.5) is 0 Å². The molecule has 0 nitrogen and oxygen atoms in total. The van der Waals surface area contributed by atoms with E-state index in [1.54, 1.807) is 3.33 Å². The Morgan fingerprint density at radius 1 is 1.71 bits per heavy atom. The first-order valence-corrected chi connectivity index (χ1v) is 3.76. The first-order chi connectivity index (χ1) is 2.89. The topological polar surface area (TPSA) is 0 Å². The summed E-state index contributed by atoms with van der Waals surface area (Å²) in [4.78, 5) is 0. The van der Waals surface area contributed by atoms with E-state index < -0.39 is 0 Å². The van der Waals surface area contributed by atoms with Crippen LogP contribution in [0.3, 0.4) is 0 Å². The van der Waals surface area contributed by atoms with E-state index in [-0.39, 0.29) is 15.3 Å². The second kappa shape index (κ2) is 3.62. The molecule has 0 saturated heterocycles. The minimum absolute atomic E-state index is 0. The molecule has 0 aromatic carbocycles. The predicted molar refractivity (Wildman–Crippen MR) is 24.1 cm³/mol. The van der Waals surface area contributed by atoms with Gasteiger partial charge in [-0.25, -0.2) is 0 Å². The van der Waals surface area contributed by atoms with Gasteiger partial charge in [-0.1, -0.05) is 0 Å². The summed E-state index contributed by atoms with van der Waals surface area (Å²) in [7, 11) is 0. The summed E-state index contributed by atoms with van der Waals surface area (Å²) in [6, 6.07) is 0. The molecule has 0 radical (unpaired) electrons. The number of allylic oxidation sites excluding steroid dienone is 4. The van der Waals surface area contributed by atoms with Crippen molar-refractivity contribution in [2.75, 3.05) is 0 Å². The third kappa shape index (κ3) is 2.45. The molecule has 0 aromatic rings. The van der Waals surface area contributed by atoms with Crippen molar-refractivity contribution in [2.45, 2.75) is 6.42 Å². The summed E-state index contributed by atoms with van der Waals surface area (Å²) < 4.78 is 1.61. The van der Waals surface area contributed by atoms with Crippen LogP contribution in [-0.2, 0) is 24.4 Å². The van der Waals surface area contributed by atoms with Gasteiger partial charge in [-0.2, -0.15) is 0 Å². The quantitative estimate of drug-likeness (QED) is 0.479. The van der Waals surface area contributed by atoms with Crippen molar-refractivity contribution in [1.29, 1.82) is 0 Å². The first-order valence-electron chi connectivity index (χ1n) is 1.97. The maximum absolute atomic E-state index is 2.20. The Morgan fingerprint density at radius 2 is 2.43 bits per heavy atom. The van der Waals surface area contributed by atoms with Crippen molar-refractivity contribution < 1.29 is 39.6 Å². The van der Waals surface area contributed by atoms with Gasteiger partial charge in [0.15, 0.2) is 0 Å². The van der Waals surface area contributed by atoms with Crippen molar-refractivity contribution in [1.82, 2.24) is 0 Å². The van der Waals surface area contributed by atoms with Crippen LogP contribution in [0.25, 0.3) is 0 Å². The zero-order valence-electron chi connectivity index (χ0n) is 5.82. The number of halogens is 1. The molecule has 0 amide bonds. The summed E-state index contributed by atoms with van der Waals surface area (Å²) in [5, 5.41) is 0. The molecule has 1 rings (SSSR count). The molecule has 0 saturated carbocycles. The Morgan fingerprint density at radius 3 is 2.57 bits per heavy atom. The van der Waals surface area contributed by atoms with E-state index in [4.69, 9.17) is 0 Å². The fourth-order valence-corrected chi connectivity index (χ4v) is 1.22. The van der Waals surface area contributed by atoms with Gasteiger partial charge in [0.2, 0.25) is 0 Å². The molecule has 0 heterocycles. The molecular weight excluding hydrogens is 274 g/mol. The second-order valence-corrected chi connectivity index (χ2v) is 3.63. The van der Waals surface area contributed by atoms with Crippen LogP contribution in [-0.4, -0.2) is 0 Å². The van der Waals surface area contributed by atoms with Crippen LogP contribution in [0.15, 0.2) is 21.6 Å². The van der Waals surface area contributed by atoms with Crippen LogP contribution in [0, 0.1) is 0 Å². The van der Waals surface area contributed by atoms with Crippen molar-refractivity contribution in [3.8, 4) is 0 Å². The summed E-state index contributed by atoms with van der Waals surface area (Å²) in [5.41, 5.74) is 0. The molecule has 0 unspecified atom stereocenters. The van der Waals surface area contributed by atoms with E-state index in [9.17, 15) is 0 Å². The molecule has 0 bridgehead atoms. The first kappa shape index (κ1) is 7.64. The van der Waals surface area contributed by atoms with Crippen molar-refractivity contribution in [2.24, 2.45) is 0 Å². The zero-order valence-corrected chi connectivity index (χ0v) is 8.17. The van der Waals surface area contributed by atoms with Crippen molar-refractivity contribution in [3.63, 3.8) is 0 Å². The van der Waals surface area contributed by atoms with Crippen molar-refractivity contribution >= 4 is 0 Å². The zero-order chi connectivity index (χ0) is 4.41. The Balaban J connectivity index is -0.000000120. The molecule has 0 spiro atoms. The van der Waals surface area contributed by atoms with Crippen LogP contribution in [0.5, 0.6) is 0 Å². The van der Waals surface area contributed by atoms with Gasteiger partial charge in [0.05, 0.1) is 0 Å². The Labute approximate surface area is 67.6 Å². The monoisotopic (exact) mass is 282 g/mol. The summed E-state index contributed by atoms with van der Waals surface area (Å²) in [5.74, 6) is 0. The number of hydrogen-bond acceptors (Lipinski definition) is 0. The molecule has 0 fully saturated rings. The van der Waals surface area contributed by atoms with E-state index >= 15 is 0 Å². The van der Waals surface area contributed by atoms with Gasteiger partial charge in [0, 0.05) is 0 Å².